The standard InChI is InChI=1S/C15H15NO3/c1-18-13-5-2-4-12(10-13)7-8-15(17)16-11-14-6-3-9-19-14/h2-10H,11H2,1H3,(H,16,17). The Balaban J connectivity index is 1.88. The number of nitrogens with one attached hydrogen (secondary N) is 1. The fraction of sp³-hybridized carbons (Fsp3) is 0.133. The Morgan fingerprint density at radius 2 is 2.26 bits per heavy atom. The van der Waals surface area contributed by atoms with Crippen molar-refractivity contribution in [2.75, 3.05) is 7.11 Å². The van der Waals surface area contributed by atoms with E-state index in [4.69, 9.17) is 9.15 Å². The van der Waals surface area contributed by atoms with Gasteiger partial charge in [-0.25, -0.2) is 0 Å². The number of ether oxygens (including phenoxy) is 1. The van der Waals surface area contributed by atoms with Crippen LogP contribution in [0.4, 0.5) is 0 Å². The summed E-state index contributed by atoms with van der Waals surface area (Å²) in [4.78, 5) is 11.6. The lowest BCUT2D eigenvalue weighted by Crippen LogP contribution is -2.19. The van der Waals surface area contributed by atoms with Crippen molar-refractivity contribution < 1.29 is 13.9 Å². The zero-order chi connectivity index (χ0) is 13.5. The summed E-state index contributed by atoms with van der Waals surface area (Å²) in [5, 5.41) is 2.73. The smallest absolute Gasteiger partial charge is 0.244 e. The van der Waals surface area contributed by atoms with Crippen molar-refractivity contribution in [2.24, 2.45) is 0 Å². The second-order valence-electron chi connectivity index (χ2n) is 3.91. The molecule has 0 bridgehead atoms. The molecule has 0 unspecified atom stereocenters. The van der Waals surface area contributed by atoms with E-state index in [-0.39, 0.29) is 5.91 Å². The van der Waals surface area contributed by atoms with Crippen LogP contribution >= 0.6 is 0 Å². The molecular weight excluding hydrogens is 242 g/mol. The highest BCUT2D eigenvalue weighted by molar-refractivity contribution is 5.91. The predicted octanol–water partition coefficient (Wildman–Crippen LogP) is 2.62. The summed E-state index contributed by atoms with van der Waals surface area (Å²) in [6.07, 6.45) is 4.80. The van der Waals surface area contributed by atoms with Crippen LogP contribution in [-0.2, 0) is 11.3 Å². The average molecular weight is 257 g/mol. The van der Waals surface area contributed by atoms with Crippen LogP contribution in [0.2, 0.25) is 0 Å². The lowest BCUT2D eigenvalue weighted by Gasteiger charge is -2.00. The van der Waals surface area contributed by atoms with E-state index >= 15 is 0 Å². The first-order valence-corrected chi connectivity index (χ1v) is 5.90. The molecule has 2 aromatic rings. The third-order valence-electron chi connectivity index (χ3n) is 2.54. The Morgan fingerprint density at radius 3 is 3.00 bits per heavy atom. The van der Waals surface area contributed by atoms with Crippen molar-refractivity contribution in [1.82, 2.24) is 5.32 Å². The maximum absolute atomic E-state index is 11.6. The van der Waals surface area contributed by atoms with Crippen molar-refractivity contribution in [1.29, 1.82) is 0 Å². The Morgan fingerprint density at radius 1 is 1.37 bits per heavy atom. The van der Waals surface area contributed by atoms with Crippen LogP contribution in [0, 0.1) is 0 Å². The van der Waals surface area contributed by atoms with Gasteiger partial charge in [0.2, 0.25) is 5.91 Å². The van der Waals surface area contributed by atoms with Crippen LogP contribution < -0.4 is 10.1 Å². The van der Waals surface area contributed by atoms with Gasteiger partial charge in [-0.3, -0.25) is 4.79 Å². The molecule has 0 saturated heterocycles. The van der Waals surface area contributed by atoms with Crippen LogP contribution in [-0.4, -0.2) is 13.0 Å². The van der Waals surface area contributed by atoms with Gasteiger partial charge in [0.15, 0.2) is 0 Å². The summed E-state index contributed by atoms with van der Waals surface area (Å²) in [7, 11) is 1.61. The number of rotatable bonds is 5. The molecule has 1 aromatic heterocycles. The molecule has 4 heteroatoms. The normalized spacial score (nSPS) is 10.6. The van der Waals surface area contributed by atoms with Crippen LogP contribution in [0.25, 0.3) is 6.08 Å². The van der Waals surface area contributed by atoms with Gasteiger partial charge in [0.05, 0.1) is 19.9 Å². The topological polar surface area (TPSA) is 51.5 Å². The monoisotopic (exact) mass is 257 g/mol. The number of hydrogen-bond acceptors (Lipinski definition) is 3. The lowest BCUT2D eigenvalue weighted by atomic mass is 10.2. The number of hydrogen-bond donors (Lipinski definition) is 1. The molecular formula is C15H15NO3. The van der Waals surface area contributed by atoms with E-state index in [9.17, 15) is 4.79 Å². The molecule has 1 amide bonds. The largest absolute Gasteiger partial charge is 0.497 e. The van der Waals surface area contributed by atoms with Crippen molar-refractivity contribution in [3.05, 3.63) is 60.1 Å². The van der Waals surface area contributed by atoms with Crippen molar-refractivity contribution >= 4 is 12.0 Å². The molecule has 0 fully saturated rings. The van der Waals surface area contributed by atoms with E-state index in [0.29, 0.717) is 6.54 Å². The molecule has 1 heterocycles. The molecule has 98 valence electrons. The van der Waals surface area contributed by atoms with E-state index in [1.54, 1.807) is 25.5 Å². The number of methoxy groups -OCH3 is 1. The highest BCUT2D eigenvalue weighted by Crippen LogP contribution is 2.13. The molecule has 0 aliphatic carbocycles. The first kappa shape index (κ1) is 13.0. The van der Waals surface area contributed by atoms with Gasteiger partial charge >= 0.3 is 0 Å². The zero-order valence-electron chi connectivity index (χ0n) is 10.6. The summed E-state index contributed by atoms with van der Waals surface area (Å²) in [6, 6.07) is 11.1. The van der Waals surface area contributed by atoms with E-state index in [1.807, 2.05) is 30.3 Å². The van der Waals surface area contributed by atoms with Gasteiger partial charge in [-0.15, -0.1) is 0 Å². The lowest BCUT2D eigenvalue weighted by molar-refractivity contribution is -0.116. The molecule has 19 heavy (non-hydrogen) atoms. The molecule has 0 radical (unpaired) electrons. The van der Waals surface area contributed by atoms with Crippen molar-refractivity contribution in [3.63, 3.8) is 0 Å². The molecule has 0 saturated carbocycles. The number of carbonyl (C=O) groups excluding carboxylic acids is 1. The Labute approximate surface area is 111 Å². The first-order chi connectivity index (χ1) is 9.28. The number of furan rings is 1. The second kappa shape index (κ2) is 6.44. The van der Waals surface area contributed by atoms with Gasteiger partial charge in [-0.05, 0) is 35.9 Å². The van der Waals surface area contributed by atoms with E-state index in [2.05, 4.69) is 5.32 Å². The van der Waals surface area contributed by atoms with Gasteiger partial charge < -0.3 is 14.5 Å². The third kappa shape index (κ3) is 4.03. The van der Waals surface area contributed by atoms with Crippen LogP contribution in [0.1, 0.15) is 11.3 Å². The molecule has 0 aliphatic rings. The maximum Gasteiger partial charge on any atom is 0.244 e. The van der Waals surface area contributed by atoms with E-state index < -0.39 is 0 Å². The highest BCUT2D eigenvalue weighted by Gasteiger charge is 1.98. The van der Waals surface area contributed by atoms with Gasteiger partial charge in [0.25, 0.3) is 0 Å². The van der Waals surface area contributed by atoms with E-state index in [0.717, 1.165) is 17.1 Å². The summed E-state index contributed by atoms with van der Waals surface area (Å²) in [5.41, 5.74) is 0.910. The maximum atomic E-state index is 11.6. The quantitative estimate of drug-likeness (QED) is 0.838. The van der Waals surface area contributed by atoms with Crippen LogP contribution in [0.3, 0.4) is 0 Å². The molecule has 0 aliphatic heterocycles. The Bertz CT molecular complexity index is 559. The molecule has 0 atom stereocenters. The minimum atomic E-state index is -0.167. The van der Waals surface area contributed by atoms with Gasteiger partial charge in [0.1, 0.15) is 11.5 Å². The molecule has 1 aromatic carbocycles. The Hall–Kier alpha value is -2.49. The minimum Gasteiger partial charge on any atom is -0.497 e. The molecule has 4 nitrogen and oxygen atoms in total. The molecule has 1 N–H and O–H groups in total. The molecule has 0 spiro atoms. The van der Waals surface area contributed by atoms with Crippen LogP contribution in [0.5, 0.6) is 5.75 Å². The summed E-state index contributed by atoms with van der Waals surface area (Å²) >= 11 is 0. The number of amides is 1. The van der Waals surface area contributed by atoms with Gasteiger partial charge in [0, 0.05) is 6.08 Å². The van der Waals surface area contributed by atoms with Crippen molar-refractivity contribution in [2.45, 2.75) is 6.54 Å². The summed E-state index contributed by atoms with van der Waals surface area (Å²) in [6.45, 7) is 0.383. The number of carbonyl (C=O) groups is 1. The summed E-state index contributed by atoms with van der Waals surface area (Å²) < 4.78 is 10.2. The fourth-order valence-corrected chi connectivity index (χ4v) is 1.56. The fourth-order valence-electron chi connectivity index (χ4n) is 1.56. The SMILES string of the molecule is COc1cccc(C=CC(=O)NCc2ccco2)c1. The van der Waals surface area contributed by atoms with Gasteiger partial charge in [-0.1, -0.05) is 12.1 Å². The second-order valence-corrected chi connectivity index (χ2v) is 3.91. The predicted molar refractivity (Wildman–Crippen MR) is 72.6 cm³/mol. The number of benzene rings is 1. The van der Waals surface area contributed by atoms with Gasteiger partial charge in [-0.2, -0.15) is 0 Å². The first-order valence-electron chi connectivity index (χ1n) is 5.90. The summed E-state index contributed by atoms with van der Waals surface area (Å²) in [5.74, 6) is 1.32. The van der Waals surface area contributed by atoms with Crippen LogP contribution in [0.15, 0.2) is 53.2 Å². The highest BCUT2D eigenvalue weighted by atomic mass is 16.5. The van der Waals surface area contributed by atoms with E-state index in [1.165, 1.54) is 6.08 Å². The molecule has 2 rings (SSSR count). The van der Waals surface area contributed by atoms with Crippen molar-refractivity contribution in [3.8, 4) is 5.75 Å². The minimum absolute atomic E-state index is 0.167. The zero-order valence-corrected chi connectivity index (χ0v) is 10.6. The third-order valence-corrected chi connectivity index (χ3v) is 2.54. The Kier molecular flexibility index (Phi) is 4.39. The average Bonchev–Trinajstić information content (AvgIpc) is 2.96.